The van der Waals surface area contributed by atoms with E-state index < -0.39 is 10.8 Å². The van der Waals surface area contributed by atoms with E-state index in [4.69, 9.17) is 9.15 Å². The van der Waals surface area contributed by atoms with Gasteiger partial charge in [0.25, 0.3) is 11.6 Å². The van der Waals surface area contributed by atoms with E-state index in [-0.39, 0.29) is 23.8 Å². The smallest absolute Gasteiger partial charge is 0.291 e. The Balaban J connectivity index is 1.32. The van der Waals surface area contributed by atoms with Crippen LogP contribution in [-0.4, -0.2) is 54.9 Å². The molecule has 3 aromatic carbocycles. The number of amides is 2. The molecule has 10 nitrogen and oxygen atoms in total. The third-order valence-corrected chi connectivity index (χ3v) is 6.54. The second-order valence-corrected chi connectivity index (χ2v) is 8.93. The number of carbonyl (C=O) groups is 2. The maximum absolute atomic E-state index is 13.5. The van der Waals surface area contributed by atoms with Crippen LogP contribution < -0.4 is 15.0 Å². The number of carbonyl (C=O) groups excluding carboxylic acids is 2. The molecule has 1 aliphatic heterocycles. The minimum Gasteiger partial charge on any atom is -0.497 e. The molecule has 2 amide bonds. The molecule has 0 atom stereocenters. The topological polar surface area (TPSA) is 118 Å². The molecule has 1 aromatic heterocycles. The highest BCUT2D eigenvalue weighted by Gasteiger charge is 2.29. The number of nitrogens with one attached hydrogen (secondary N) is 1. The molecule has 1 N–H and O–H groups in total. The Morgan fingerprint density at radius 2 is 1.74 bits per heavy atom. The lowest BCUT2D eigenvalue weighted by Gasteiger charge is -2.35. The van der Waals surface area contributed by atoms with Crippen LogP contribution in [0.5, 0.6) is 5.75 Å². The number of ether oxygens (including phenoxy) is 1. The van der Waals surface area contributed by atoms with Crippen molar-refractivity contribution in [1.29, 1.82) is 0 Å². The van der Waals surface area contributed by atoms with Gasteiger partial charge in [-0.2, -0.15) is 0 Å². The fourth-order valence-electron chi connectivity index (χ4n) is 4.57. The van der Waals surface area contributed by atoms with Crippen LogP contribution in [0, 0.1) is 10.1 Å². The van der Waals surface area contributed by atoms with Gasteiger partial charge in [-0.05, 0) is 42.0 Å². The standard InChI is InChI=1S/C28H26N4O6/c1-37-22-11-9-20(10-12-22)30-13-15-31(16-14-30)28(34)27-26(23-7-2-3-8-24(23)38-27)29-25(33)18-19-5-4-6-21(17-19)32(35)36/h2-12,17H,13-16,18H2,1H3,(H,29,33). The number of fused-ring (bicyclic) bond motifs is 1. The molecule has 0 unspecified atom stereocenters. The van der Waals surface area contributed by atoms with Crippen LogP contribution in [-0.2, 0) is 11.2 Å². The van der Waals surface area contributed by atoms with Crippen LogP contribution in [0.3, 0.4) is 0 Å². The Morgan fingerprint density at radius 1 is 1.00 bits per heavy atom. The van der Waals surface area contributed by atoms with Crippen molar-refractivity contribution in [3.8, 4) is 5.75 Å². The third-order valence-electron chi connectivity index (χ3n) is 6.54. The van der Waals surface area contributed by atoms with Crippen molar-refractivity contribution in [1.82, 2.24) is 4.90 Å². The number of benzene rings is 3. The summed E-state index contributed by atoms with van der Waals surface area (Å²) in [5.74, 6) is 0.139. The first-order valence-corrected chi connectivity index (χ1v) is 12.2. The van der Waals surface area contributed by atoms with Gasteiger partial charge in [-0.3, -0.25) is 19.7 Å². The van der Waals surface area contributed by atoms with Gasteiger partial charge >= 0.3 is 0 Å². The third kappa shape index (κ3) is 5.15. The summed E-state index contributed by atoms with van der Waals surface area (Å²) in [7, 11) is 1.63. The molecule has 1 fully saturated rings. The largest absolute Gasteiger partial charge is 0.497 e. The Morgan fingerprint density at radius 3 is 2.45 bits per heavy atom. The van der Waals surface area contributed by atoms with Crippen molar-refractivity contribution in [2.75, 3.05) is 43.5 Å². The summed E-state index contributed by atoms with van der Waals surface area (Å²) < 4.78 is 11.2. The highest BCUT2D eigenvalue weighted by molar-refractivity contribution is 6.11. The SMILES string of the molecule is COc1ccc(N2CCN(C(=O)c3oc4ccccc4c3NC(=O)Cc3cccc([N+](=O)[O-])c3)CC2)cc1. The van der Waals surface area contributed by atoms with Gasteiger partial charge in [-0.25, -0.2) is 0 Å². The van der Waals surface area contributed by atoms with E-state index in [2.05, 4.69) is 10.2 Å². The molecule has 2 heterocycles. The zero-order valence-corrected chi connectivity index (χ0v) is 20.8. The van der Waals surface area contributed by atoms with Crippen LogP contribution in [0.15, 0.2) is 77.2 Å². The molecule has 1 aliphatic rings. The number of hydrogen-bond donors (Lipinski definition) is 1. The van der Waals surface area contributed by atoms with Crippen molar-refractivity contribution in [2.45, 2.75) is 6.42 Å². The zero-order valence-electron chi connectivity index (χ0n) is 20.8. The van der Waals surface area contributed by atoms with Gasteiger partial charge in [0, 0.05) is 49.4 Å². The Hall–Kier alpha value is -4.86. The molecular formula is C28H26N4O6. The minimum absolute atomic E-state index is 0.0662. The zero-order chi connectivity index (χ0) is 26.6. The maximum atomic E-state index is 13.5. The molecule has 5 rings (SSSR count). The first kappa shape index (κ1) is 24.8. The van der Waals surface area contributed by atoms with Gasteiger partial charge in [-0.15, -0.1) is 0 Å². The van der Waals surface area contributed by atoms with Crippen LogP contribution in [0.2, 0.25) is 0 Å². The molecule has 0 bridgehead atoms. The normalized spacial score (nSPS) is 13.4. The lowest BCUT2D eigenvalue weighted by molar-refractivity contribution is -0.384. The predicted molar refractivity (Wildman–Crippen MR) is 143 cm³/mol. The van der Waals surface area contributed by atoms with Crippen molar-refractivity contribution >= 4 is 39.8 Å². The number of furan rings is 1. The first-order valence-electron chi connectivity index (χ1n) is 12.2. The number of anilines is 2. The molecule has 0 spiro atoms. The van der Waals surface area contributed by atoms with Crippen LogP contribution >= 0.6 is 0 Å². The van der Waals surface area contributed by atoms with Gasteiger partial charge in [0.05, 0.1) is 18.5 Å². The van der Waals surface area contributed by atoms with E-state index in [0.717, 1.165) is 11.4 Å². The molecule has 1 saturated heterocycles. The Kier molecular flexibility index (Phi) is 6.94. The van der Waals surface area contributed by atoms with E-state index in [0.29, 0.717) is 48.4 Å². The summed E-state index contributed by atoms with van der Waals surface area (Å²) in [4.78, 5) is 41.0. The maximum Gasteiger partial charge on any atom is 0.291 e. The number of non-ortho nitro benzene ring substituents is 1. The summed E-state index contributed by atoms with van der Waals surface area (Å²) in [5.41, 5.74) is 2.24. The predicted octanol–water partition coefficient (Wildman–Crippen LogP) is 4.49. The number of rotatable bonds is 7. The molecular weight excluding hydrogens is 488 g/mol. The van der Waals surface area contributed by atoms with E-state index in [1.165, 1.54) is 18.2 Å². The quantitative estimate of drug-likeness (QED) is 0.285. The number of hydrogen-bond acceptors (Lipinski definition) is 7. The lowest BCUT2D eigenvalue weighted by atomic mass is 10.1. The van der Waals surface area contributed by atoms with Crippen LogP contribution in [0.1, 0.15) is 16.1 Å². The van der Waals surface area contributed by atoms with E-state index in [1.807, 2.05) is 24.3 Å². The highest BCUT2D eigenvalue weighted by Crippen LogP contribution is 2.32. The average molecular weight is 515 g/mol. The number of piperazine rings is 1. The summed E-state index contributed by atoms with van der Waals surface area (Å²) >= 11 is 0. The fraction of sp³-hybridized carbons (Fsp3) is 0.214. The molecule has 38 heavy (non-hydrogen) atoms. The second-order valence-electron chi connectivity index (χ2n) is 8.93. The molecule has 10 heteroatoms. The van der Waals surface area contributed by atoms with Crippen molar-refractivity contribution < 1.29 is 23.7 Å². The molecule has 0 radical (unpaired) electrons. The number of methoxy groups -OCH3 is 1. The van der Waals surface area contributed by atoms with Crippen molar-refractivity contribution in [3.05, 3.63) is 94.2 Å². The lowest BCUT2D eigenvalue weighted by Crippen LogP contribution is -2.48. The van der Waals surface area contributed by atoms with Gasteiger partial charge in [0.15, 0.2) is 0 Å². The van der Waals surface area contributed by atoms with Crippen molar-refractivity contribution in [2.24, 2.45) is 0 Å². The van der Waals surface area contributed by atoms with E-state index in [9.17, 15) is 19.7 Å². The van der Waals surface area contributed by atoms with Crippen molar-refractivity contribution in [3.63, 3.8) is 0 Å². The first-order chi connectivity index (χ1) is 18.4. The molecule has 194 valence electrons. The van der Waals surface area contributed by atoms with Gasteiger partial charge in [-0.1, -0.05) is 24.3 Å². The number of para-hydroxylation sites is 1. The van der Waals surface area contributed by atoms with Gasteiger partial charge in [0.2, 0.25) is 11.7 Å². The van der Waals surface area contributed by atoms with Gasteiger partial charge < -0.3 is 24.3 Å². The number of nitro groups is 1. The summed E-state index contributed by atoms with van der Waals surface area (Å²) in [6.45, 7) is 2.27. The van der Waals surface area contributed by atoms with E-state index >= 15 is 0 Å². The Bertz CT molecular complexity index is 1490. The average Bonchev–Trinajstić information content (AvgIpc) is 3.31. The minimum atomic E-state index is -0.504. The van der Waals surface area contributed by atoms with E-state index in [1.54, 1.807) is 42.3 Å². The van der Waals surface area contributed by atoms with Crippen LogP contribution in [0.25, 0.3) is 11.0 Å². The summed E-state index contributed by atoms with van der Waals surface area (Å²) in [6, 6.07) is 20.8. The molecule has 4 aromatic rings. The summed E-state index contributed by atoms with van der Waals surface area (Å²) in [5, 5.41) is 14.5. The molecule has 0 aliphatic carbocycles. The fourth-order valence-corrected chi connectivity index (χ4v) is 4.57. The molecule has 0 saturated carbocycles. The van der Waals surface area contributed by atoms with Gasteiger partial charge in [0.1, 0.15) is 17.0 Å². The highest BCUT2D eigenvalue weighted by atomic mass is 16.6. The number of nitro benzene ring substituents is 1. The van der Waals surface area contributed by atoms with Crippen LogP contribution in [0.4, 0.5) is 17.1 Å². The number of nitrogens with zero attached hydrogens (tertiary/aromatic N) is 3. The Labute approximate surface area is 218 Å². The summed E-state index contributed by atoms with van der Waals surface area (Å²) in [6.07, 6.45) is -0.0879. The second kappa shape index (κ2) is 10.6. The monoisotopic (exact) mass is 514 g/mol.